The number of carbonyl (C=O) groups is 1. The predicted molar refractivity (Wildman–Crippen MR) is 86.0 cm³/mol. The van der Waals surface area contributed by atoms with Crippen LogP contribution in [0.3, 0.4) is 0 Å². The molecule has 0 spiro atoms. The Hall–Kier alpha value is -1.39. The van der Waals surface area contributed by atoms with Gasteiger partial charge in [0.15, 0.2) is 5.82 Å². The van der Waals surface area contributed by atoms with Gasteiger partial charge in [0.25, 0.3) is 0 Å². The molecule has 3 aliphatic rings. The number of hydrogen-bond donors (Lipinski definition) is 0. The van der Waals surface area contributed by atoms with Crippen molar-refractivity contribution in [2.24, 2.45) is 5.92 Å². The quantitative estimate of drug-likeness (QED) is 0.854. The molecule has 1 saturated heterocycles. The van der Waals surface area contributed by atoms with E-state index in [1.165, 1.54) is 44.9 Å². The molecule has 0 unspecified atom stereocenters. The second-order valence-corrected chi connectivity index (χ2v) is 7.58. The van der Waals surface area contributed by atoms with Gasteiger partial charge in [0.05, 0.1) is 5.92 Å². The molecule has 4 rings (SSSR count). The highest BCUT2D eigenvalue weighted by molar-refractivity contribution is 5.79. The topological polar surface area (TPSA) is 59.2 Å². The molecular formula is C18H27N3O2. The summed E-state index contributed by atoms with van der Waals surface area (Å²) >= 11 is 0. The molecule has 2 saturated carbocycles. The molecule has 2 aliphatic carbocycles. The number of aromatic nitrogens is 2. The van der Waals surface area contributed by atoms with Crippen molar-refractivity contribution in [1.29, 1.82) is 0 Å². The summed E-state index contributed by atoms with van der Waals surface area (Å²) in [5.41, 5.74) is 0. The summed E-state index contributed by atoms with van der Waals surface area (Å²) in [6.07, 6.45) is 11.8. The maximum Gasteiger partial charge on any atom is 0.231 e. The first-order chi connectivity index (χ1) is 11.3. The third-order valence-electron chi connectivity index (χ3n) is 5.98. The molecule has 23 heavy (non-hydrogen) atoms. The summed E-state index contributed by atoms with van der Waals surface area (Å²) in [6, 6.07) is 0. The smallest absolute Gasteiger partial charge is 0.231 e. The SMILES string of the molecule is O=C(C1CCCCC1)N1CC[C@@H](c2nc(C3CCCC3)no2)C1. The van der Waals surface area contributed by atoms with Crippen LogP contribution in [0.2, 0.25) is 0 Å². The molecule has 0 radical (unpaired) electrons. The van der Waals surface area contributed by atoms with Gasteiger partial charge >= 0.3 is 0 Å². The van der Waals surface area contributed by atoms with Crippen LogP contribution in [0.25, 0.3) is 0 Å². The van der Waals surface area contributed by atoms with E-state index in [9.17, 15) is 4.79 Å². The van der Waals surface area contributed by atoms with Gasteiger partial charge in [0.2, 0.25) is 11.8 Å². The molecule has 5 heteroatoms. The van der Waals surface area contributed by atoms with Crippen molar-refractivity contribution in [2.45, 2.75) is 76.0 Å². The number of carbonyl (C=O) groups excluding carboxylic acids is 1. The summed E-state index contributed by atoms with van der Waals surface area (Å²) in [4.78, 5) is 19.4. The summed E-state index contributed by atoms with van der Waals surface area (Å²) < 4.78 is 5.54. The summed E-state index contributed by atoms with van der Waals surface area (Å²) in [5.74, 6) is 3.02. The highest BCUT2D eigenvalue weighted by Gasteiger charge is 2.35. The van der Waals surface area contributed by atoms with Gasteiger partial charge in [-0.25, -0.2) is 0 Å². The lowest BCUT2D eigenvalue weighted by Crippen LogP contribution is -2.35. The maximum absolute atomic E-state index is 12.7. The van der Waals surface area contributed by atoms with Crippen LogP contribution < -0.4 is 0 Å². The number of amides is 1. The van der Waals surface area contributed by atoms with E-state index in [-0.39, 0.29) is 11.8 Å². The Morgan fingerprint density at radius 2 is 1.70 bits per heavy atom. The average Bonchev–Trinajstić information content (AvgIpc) is 3.34. The number of rotatable bonds is 3. The van der Waals surface area contributed by atoms with Crippen LogP contribution in [0.15, 0.2) is 4.52 Å². The predicted octanol–water partition coefficient (Wildman–Crippen LogP) is 3.62. The molecule has 1 aromatic heterocycles. The zero-order valence-electron chi connectivity index (χ0n) is 13.9. The molecule has 0 N–H and O–H groups in total. The maximum atomic E-state index is 12.7. The first kappa shape index (κ1) is 15.2. The lowest BCUT2D eigenvalue weighted by Gasteiger charge is -2.26. The van der Waals surface area contributed by atoms with Gasteiger partial charge in [-0.05, 0) is 32.1 Å². The van der Waals surface area contributed by atoms with Crippen LogP contribution in [0, 0.1) is 5.92 Å². The highest BCUT2D eigenvalue weighted by atomic mass is 16.5. The molecule has 0 bridgehead atoms. The Balaban J connectivity index is 1.37. The van der Waals surface area contributed by atoms with Gasteiger partial charge in [0.1, 0.15) is 0 Å². The van der Waals surface area contributed by atoms with Crippen molar-refractivity contribution in [2.75, 3.05) is 13.1 Å². The van der Waals surface area contributed by atoms with Crippen molar-refractivity contribution in [3.63, 3.8) is 0 Å². The van der Waals surface area contributed by atoms with E-state index in [1.54, 1.807) is 0 Å². The highest BCUT2D eigenvalue weighted by Crippen LogP contribution is 2.35. The van der Waals surface area contributed by atoms with Crippen LogP contribution >= 0.6 is 0 Å². The average molecular weight is 317 g/mol. The fourth-order valence-corrected chi connectivity index (χ4v) is 4.53. The van der Waals surface area contributed by atoms with Crippen molar-refractivity contribution < 1.29 is 9.32 Å². The monoisotopic (exact) mass is 317 g/mol. The minimum Gasteiger partial charge on any atom is -0.342 e. The van der Waals surface area contributed by atoms with Gasteiger partial charge in [0, 0.05) is 24.9 Å². The fraction of sp³-hybridized carbons (Fsp3) is 0.833. The Labute approximate surface area is 137 Å². The molecule has 5 nitrogen and oxygen atoms in total. The molecule has 3 fully saturated rings. The molecule has 126 valence electrons. The zero-order valence-corrected chi connectivity index (χ0v) is 13.9. The largest absolute Gasteiger partial charge is 0.342 e. The van der Waals surface area contributed by atoms with Crippen molar-refractivity contribution in [3.05, 3.63) is 11.7 Å². The summed E-state index contributed by atoms with van der Waals surface area (Å²) in [7, 11) is 0. The van der Waals surface area contributed by atoms with Gasteiger partial charge in [-0.1, -0.05) is 37.3 Å². The Morgan fingerprint density at radius 1 is 0.957 bits per heavy atom. The van der Waals surface area contributed by atoms with E-state index >= 15 is 0 Å². The second-order valence-electron chi connectivity index (χ2n) is 7.58. The van der Waals surface area contributed by atoms with Gasteiger partial charge in [-0.2, -0.15) is 4.98 Å². The molecule has 1 atom stereocenters. The Bertz CT molecular complexity index is 544. The number of nitrogens with zero attached hydrogens (tertiary/aromatic N) is 3. The van der Waals surface area contributed by atoms with E-state index in [4.69, 9.17) is 4.52 Å². The molecule has 2 heterocycles. The van der Waals surface area contributed by atoms with Crippen molar-refractivity contribution in [1.82, 2.24) is 15.0 Å². The van der Waals surface area contributed by atoms with Crippen LogP contribution in [0.1, 0.15) is 87.8 Å². The van der Waals surface area contributed by atoms with Crippen LogP contribution in [-0.4, -0.2) is 34.0 Å². The fourth-order valence-electron chi connectivity index (χ4n) is 4.53. The summed E-state index contributed by atoms with van der Waals surface area (Å²) in [5, 5.41) is 4.21. The van der Waals surface area contributed by atoms with E-state index in [0.29, 0.717) is 11.8 Å². The normalized spacial score (nSPS) is 27.0. The van der Waals surface area contributed by atoms with Gasteiger partial charge in [-0.3, -0.25) is 4.79 Å². The third kappa shape index (κ3) is 3.15. The molecule has 1 aromatic rings. The minimum absolute atomic E-state index is 0.241. The first-order valence-corrected chi connectivity index (χ1v) is 9.43. The Kier molecular flexibility index (Phi) is 4.36. The summed E-state index contributed by atoms with van der Waals surface area (Å²) in [6.45, 7) is 1.61. The standard InChI is InChI=1S/C18H27N3O2/c22-18(14-8-2-1-3-9-14)21-11-10-15(12-21)17-19-16(20-23-17)13-6-4-5-7-13/h13-15H,1-12H2/t15-/m1/s1. The lowest BCUT2D eigenvalue weighted by molar-refractivity contribution is -0.135. The molecule has 1 amide bonds. The van der Waals surface area contributed by atoms with Crippen molar-refractivity contribution >= 4 is 5.91 Å². The van der Waals surface area contributed by atoms with E-state index in [2.05, 4.69) is 10.1 Å². The van der Waals surface area contributed by atoms with Crippen LogP contribution in [0.4, 0.5) is 0 Å². The van der Waals surface area contributed by atoms with Gasteiger partial charge in [-0.15, -0.1) is 0 Å². The number of hydrogen-bond acceptors (Lipinski definition) is 4. The van der Waals surface area contributed by atoms with E-state index < -0.39 is 0 Å². The minimum atomic E-state index is 0.241. The Morgan fingerprint density at radius 3 is 2.48 bits per heavy atom. The zero-order chi connectivity index (χ0) is 15.6. The van der Waals surface area contributed by atoms with Crippen molar-refractivity contribution in [3.8, 4) is 0 Å². The molecular weight excluding hydrogens is 290 g/mol. The van der Waals surface area contributed by atoms with E-state index in [1.807, 2.05) is 4.90 Å². The molecule has 0 aromatic carbocycles. The van der Waals surface area contributed by atoms with E-state index in [0.717, 1.165) is 44.1 Å². The van der Waals surface area contributed by atoms with Crippen LogP contribution in [0.5, 0.6) is 0 Å². The van der Waals surface area contributed by atoms with Crippen LogP contribution in [-0.2, 0) is 4.79 Å². The van der Waals surface area contributed by atoms with Gasteiger partial charge < -0.3 is 9.42 Å². The second kappa shape index (κ2) is 6.62. The third-order valence-corrected chi connectivity index (χ3v) is 5.98. The lowest BCUT2D eigenvalue weighted by atomic mass is 9.88. The number of likely N-dealkylation sites (tertiary alicyclic amines) is 1. The molecule has 1 aliphatic heterocycles. The first-order valence-electron chi connectivity index (χ1n) is 9.43.